The predicted molar refractivity (Wildman–Crippen MR) is 103 cm³/mol. The van der Waals surface area contributed by atoms with Gasteiger partial charge in [0.05, 0.1) is 5.66 Å². The molecular weight excluding hydrogens is 328 g/mol. The van der Waals surface area contributed by atoms with Crippen LogP contribution < -0.4 is 10.6 Å². The lowest BCUT2D eigenvalue weighted by molar-refractivity contribution is -0.257. The molecule has 3 saturated heterocycles. The minimum absolute atomic E-state index is 0.0830. The average Bonchev–Trinajstić information content (AvgIpc) is 2.62. The third-order valence-corrected chi connectivity index (χ3v) is 7.17. The minimum atomic E-state index is -0.566. The standard InChI is InChI=1S/C20H38N4O2/c1-15(2)10-19(11-16(3,4)23(15)9)14(25)21-20(22-19)12-17(5,6)24(26)18(7,8)13-20/h22,26H,10-13H2,1-9H3,(H,21,25). The van der Waals surface area contributed by atoms with Crippen LogP contribution in [0.25, 0.3) is 0 Å². The number of hydrogen-bond donors (Lipinski definition) is 3. The van der Waals surface area contributed by atoms with E-state index in [9.17, 15) is 10.0 Å². The molecule has 3 fully saturated rings. The Hall–Kier alpha value is -0.690. The van der Waals surface area contributed by atoms with Crippen LogP contribution in [0.1, 0.15) is 81.1 Å². The lowest BCUT2D eigenvalue weighted by atomic mass is 9.68. The molecule has 0 bridgehead atoms. The van der Waals surface area contributed by atoms with Crippen LogP contribution >= 0.6 is 0 Å². The first-order valence-electron chi connectivity index (χ1n) is 9.82. The molecule has 0 aliphatic carbocycles. The van der Waals surface area contributed by atoms with E-state index in [-0.39, 0.29) is 17.0 Å². The number of likely N-dealkylation sites (tertiary alicyclic amines) is 1. The second-order valence-corrected chi connectivity index (χ2v) is 11.6. The van der Waals surface area contributed by atoms with Crippen molar-refractivity contribution >= 4 is 5.91 Å². The summed E-state index contributed by atoms with van der Waals surface area (Å²) in [5.41, 5.74) is -2.07. The molecule has 6 nitrogen and oxygen atoms in total. The van der Waals surface area contributed by atoms with Crippen LogP contribution in [-0.4, -0.2) is 61.5 Å². The number of amides is 1. The normalized spacial score (nSPS) is 34.2. The summed E-state index contributed by atoms with van der Waals surface area (Å²) in [6.45, 7) is 17.0. The monoisotopic (exact) mass is 366 g/mol. The first kappa shape index (κ1) is 20.1. The fraction of sp³-hybridized carbons (Fsp3) is 0.950. The van der Waals surface area contributed by atoms with Crippen LogP contribution in [0.5, 0.6) is 0 Å². The fourth-order valence-electron chi connectivity index (χ4n) is 6.41. The van der Waals surface area contributed by atoms with E-state index in [0.717, 1.165) is 12.8 Å². The number of rotatable bonds is 0. The van der Waals surface area contributed by atoms with Crippen molar-refractivity contribution in [2.24, 2.45) is 0 Å². The SMILES string of the molecule is CN1C(C)(C)CC2(CC1(C)C)NC1(CC(C)(C)N(O)C(C)(C)C1)NC2=O. The van der Waals surface area contributed by atoms with Gasteiger partial charge in [0, 0.05) is 35.0 Å². The van der Waals surface area contributed by atoms with Gasteiger partial charge in [0.15, 0.2) is 0 Å². The van der Waals surface area contributed by atoms with E-state index < -0.39 is 22.3 Å². The summed E-state index contributed by atoms with van der Waals surface area (Å²) in [7, 11) is 2.16. The highest BCUT2D eigenvalue weighted by Crippen LogP contribution is 2.49. The molecule has 3 aliphatic heterocycles. The van der Waals surface area contributed by atoms with Gasteiger partial charge in [-0.1, -0.05) is 0 Å². The van der Waals surface area contributed by atoms with Gasteiger partial charge in [-0.05, 0) is 75.3 Å². The smallest absolute Gasteiger partial charge is 0.241 e. The molecule has 0 unspecified atom stereocenters. The average molecular weight is 367 g/mol. The van der Waals surface area contributed by atoms with Crippen molar-refractivity contribution in [3.05, 3.63) is 0 Å². The van der Waals surface area contributed by atoms with Gasteiger partial charge in [-0.15, -0.1) is 0 Å². The minimum Gasteiger partial charge on any atom is -0.336 e. The Balaban J connectivity index is 1.99. The van der Waals surface area contributed by atoms with Crippen molar-refractivity contribution in [3.8, 4) is 0 Å². The van der Waals surface area contributed by atoms with Gasteiger partial charge in [-0.3, -0.25) is 15.0 Å². The number of nitrogens with zero attached hydrogens (tertiary/aromatic N) is 2. The molecule has 0 aromatic carbocycles. The van der Waals surface area contributed by atoms with Crippen LogP contribution in [0.3, 0.4) is 0 Å². The quantitative estimate of drug-likeness (QED) is 0.614. The maximum atomic E-state index is 13.3. The number of carbonyl (C=O) groups excluding carboxylic acids is 1. The Kier molecular flexibility index (Phi) is 4.03. The molecule has 0 atom stereocenters. The first-order chi connectivity index (χ1) is 11.5. The number of hydroxylamine groups is 2. The zero-order valence-corrected chi connectivity index (χ0v) is 18.1. The molecule has 3 rings (SSSR count). The van der Waals surface area contributed by atoms with Crippen molar-refractivity contribution in [3.63, 3.8) is 0 Å². The molecular formula is C20H38N4O2. The molecule has 0 saturated carbocycles. The Bertz CT molecular complexity index is 587. The third-order valence-electron chi connectivity index (χ3n) is 7.17. The van der Waals surface area contributed by atoms with Crippen molar-refractivity contribution in [1.29, 1.82) is 0 Å². The van der Waals surface area contributed by atoms with E-state index in [0.29, 0.717) is 12.8 Å². The molecule has 150 valence electrons. The van der Waals surface area contributed by atoms with E-state index in [1.165, 1.54) is 5.06 Å². The topological polar surface area (TPSA) is 67.8 Å². The van der Waals surface area contributed by atoms with Crippen LogP contribution in [-0.2, 0) is 4.79 Å². The highest BCUT2D eigenvalue weighted by atomic mass is 16.5. The highest BCUT2D eigenvalue weighted by Gasteiger charge is 2.64. The van der Waals surface area contributed by atoms with E-state index in [2.05, 4.69) is 50.3 Å². The van der Waals surface area contributed by atoms with Gasteiger partial charge in [0.1, 0.15) is 5.54 Å². The van der Waals surface area contributed by atoms with Gasteiger partial charge >= 0.3 is 0 Å². The summed E-state index contributed by atoms with van der Waals surface area (Å²) in [5, 5.41) is 19.3. The third kappa shape index (κ3) is 2.81. The highest BCUT2D eigenvalue weighted by molar-refractivity contribution is 5.90. The molecule has 3 N–H and O–H groups in total. The largest absolute Gasteiger partial charge is 0.336 e. The van der Waals surface area contributed by atoms with Gasteiger partial charge in [-0.2, -0.15) is 5.06 Å². The van der Waals surface area contributed by atoms with Crippen molar-refractivity contribution in [2.75, 3.05) is 7.05 Å². The zero-order valence-electron chi connectivity index (χ0n) is 18.1. The fourth-order valence-corrected chi connectivity index (χ4v) is 6.41. The van der Waals surface area contributed by atoms with Crippen molar-refractivity contribution in [1.82, 2.24) is 20.6 Å². The Morgan fingerprint density at radius 3 is 1.65 bits per heavy atom. The molecule has 3 aliphatic rings. The van der Waals surface area contributed by atoms with Crippen LogP contribution in [0.15, 0.2) is 0 Å². The number of piperidine rings is 2. The van der Waals surface area contributed by atoms with E-state index in [4.69, 9.17) is 0 Å². The molecule has 0 aromatic rings. The Morgan fingerprint density at radius 1 is 0.808 bits per heavy atom. The summed E-state index contributed by atoms with van der Waals surface area (Å²) in [6, 6.07) is 0. The molecule has 6 heteroatoms. The van der Waals surface area contributed by atoms with Crippen molar-refractivity contribution < 1.29 is 10.0 Å². The van der Waals surface area contributed by atoms with Crippen LogP contribution in [0, 0.1) is 0 Å². The Labute approximate surface area is 158 Å². The summed E-state index contributed by atoms with van der Waals surface area (Å²) >= 11 is 0. The van der Waals surface area contributed by atoms with Crippen LogP contribution in [0.2, 0.25) is 0 Å². The molecule has 26 heavy (non-hydrogen) atoms. The zero-order chi connectivity index (χ0) is 20.0. The van der Waals surface area contributed by atoms with Crippen LogP contribution in [0.4, 0.5) is 0 Å². The maximum Gasteiger partial charge on any atom is 0.241 e. The van der Waals surface area contributed by atoms with E-state index in [1.54, 1.807) is 0 Å². The maximum absolute atomic E-state index is 13.3. The molecule has 2 spiro atoms. The Morgan fingerprint density at radius 2 is 1.23 bits per heavy atom. The first-order valence-corrected chi connectivity index (χ1v) is 9.82. The van der Waals surface area contributed by atoms with E-state index in [1.807, 2.05) is 27.7 Å². The number of hydrogen-bond acceptors (Lipinski definition) is 5. The second-order valence-electron chi connectivity index (χ2n) is 11.6. The predicted octanol–water partition coefficient (Wildman–Crippen LogP) is 2.47. The second kappa shape index (κ2) is 5.22. The lowest BCUT2D eigenvalue weighted by Crippen LogP contribution is -2.72. The molecule has 0 aromatic heterocycles. The summed E-state index contributed by atoms with van der Waals surface area (Å²) in [5.74, 6) is 0.115. The lowest BCUT2D eigenvalue weighted by Gasteiger charge is -2.58. The molecule has 1 amide bonds. The van der Waals surface area contributed by atoms with Crippen molar-refractivity contribution in [2.45, 2.75) is 114 Å². The summed E-state index contributed by atoms with van der Waals surface area (Å²) in [4.78, 5) is 15.7. The summed E-state index contributed by atoms with van der Waals surface area (Å²) < 4.78 is 0. The van der Waals surface area contributed by atoms with Gasteiger partial charge in [-0.25, -0.2) is 0 Å². The number of carbonyl (C=O) groups is 1. The molecule has 3 heterocycles. The molecule has 0 radical (unpaired) electrons. The number of nitrogens with one attached hydrogen (secondary N) is 2. The van der Waals surface area contributed by atoms with Gasteiger partial charge < -0.3 is 10.5 Å². The van der Waals surface area contributed by atoms with Gasteiger partial charge in [0.2, 0.25) is 5.91 Å². The van der Waals surface area contributed by atoms with E-state index >= 15 is 0 Å². The summed E-state index contributed by atoms with van der Waals surface area (Å²) in [6.07, 6.45) is 2.89. The van der Waals surface area contributed by atoms with Gasteiger partial charge in [0.25, 0.3) is 0 Å².